The molecule has 0 spiro atoms. The van der Waals surface area contributed by atoms with Crippen LogP contribution in [-0.4, -0.2) is 38.8 Å². The zero-order valence-electron chi connectivity index (χ0n) is 12.5. The molecule has 7 nitrogen and oxygen atoms in total. The van der Waals surface area contributed by atoms with Crippen molar-refractivity contribution in [2.24, 2.45) is 0 Å². The highest BCUT2D eigenvalue weighted by atomic mass is 16.4. The largest absolute Gasteiger partial charge is 0.508 e. The van der Waals surface area contributed by atoms with Gasteiger partial charge in [0.1, 0.15) is 12.3 Å². The smallest absolute Gasteiger partial charge is 0.323 e. The molecule has 7 heteroatoms. The average molecular weight is 315 g/mol. The van der Waals surface area contributed by atoms with E-state index in [1.54, 1.807) is 6.07 Å². The number of fused-ring (bicyclic) bond motifs is 1. The molecule has 3 rings (SSSR count). The summed E-state index contributed by atoms with van der Waals surface area (Å²) in [6.45, 7) is 0.753. The lowest BCUT2D eigenvalue weighted by molar-refractivity contribution is -0.137. The van der Waals surface area contributed by atoms with Gasteiger partial charge in [0.2, 0.25) is 0 Å². The van der Waals surface area contributed by atoms with Gasteiger partial charge in [0.05, 0.1) is 0 Å². The van der Waals surface area contributed by atoms with Gasteiger partial charge in [0, 0.05) is 25.5 Å². The lowest BCUT2D eigenvalue weighted by atomic mass is 10.0. The Balaban J connectivity index is 1.89. The highest BCUT2D eigenvalue weighted by molar-refractivity contribution is 5.66. The van der Waals surface area contributed by atoms with Crippen LogP contribution in [0.4, 0.5) is 5.82 Å². The number of hydrogen-bond donors (Lipinski definition) is 2. The van der Waals surface area contributed by atoms with Crippen molar-refractivity contribution >= 4 is 11.8 Å². The second-order valence-corrected chi connectivity index (χ2v) is 5.48. The molecular formula is C16H17N3O4. The fourth-order valence-corrected chi connectivity index (χ4v) is 2.89. The van der Waals surface area contributed by atoms with Gasteiger partial charge in [-0.2, -0.15) is 0 Å². The summed E-state index contributed by atoms with van der Waals surface area (Å²) in [5.74, 6) is -0.549. The second-order valence-electron chi connectivity index (χ2n) is 5.48. The van der Waals surface area contributed by atoms with Gasteiger partial charge in [-0.1, -0.05) is 12.1 Å². The summed E-state index contributed by atoms with van der Waals surface area (Å²) in [4.78, 5) is 29.2. The SMILES string of the molecule is O=C(O)Cn1ccnc(N2CCc3cccc(O)c3CC2)c1=O. The van der Waals surface area contributed by atoms with E-state index in [0.717, 1.165) is 15.7 Å². The number of rotatable bonds is 3. The maximum absolute atomic E-state index is 12.4. The molecule has 1 aromatic heterocycles. The molecule has 0 aliphatic carbocycles. The first-order valence-corrected chi connectivity index (χ1v) is 7.38. The molecule has 23 heavy (non-hydrogen) atoms. The van der Waals surface area contributed by atoms with E-state index >= 15 is 0 Å². The number of aliphatic carboxylic acids is 1. The Morgan fingerprint density at radius 3 is 2.83 bits per heavy atom. The van der Waals surface area contributed by atoms with Crippen LogP contribution in [0, 0.1) is 0 Å². The summed E-state index contributed by atoms with van der Waals surface area (Å²) >= 11 is 0. The third-order valence-corrected chi connectivity index (χ3v) is 4.03. The summed E-state index contributed by atoms with van der Waals surface area (Å²) in [7, 11) is 0. The van der Waals surface area contributed by atoms with Crippen LogP contribution in [-0.2, 0) is 24.2 Å². The molecule has 1 aromatic carbocycles. The molecule has 0 fully saturated rings. The molecule has 2 aromatic rings. The summed E-state index contributed by atoms with van der Waals surface area (Å²) in [5.41, 5.74) is 1.55. The van der Waals surface area contributed by atoms with E-state index in [1.165, 1.54) is 12.4 Å². The zero-order chi connectivity index (χ0) is 16.4. The number of aromatic nitrogens is 2. The minimum atomic E-state index is -1.07. The van der Waals surface area contributed by atoms with Gasteiger partial charge in [0.25, 0.3) is 5.56 Å². The van der Waals surface area contributed by atoms with Crippen LogP contribution in [0.25, 0.3) is 0 Å². The lowest BCUT2D eigenvalue weighted by Gasteiger charge is -2.21. The van der Waals surface area contributed by atoms with Gasteiger partial charge in [-0.25, -0.2) is 4.98 Å². The maximum Gasteiger partial charge on any atom is 0.323 e. The first-order chi connectivity index (χ1) is 11.1. The number of carbonyl (C=O) groups is 1. The molecule has 0 saturated heterocycles. The van der Waals surface area contributed by atoms with Gasteiger partial charge >= 0.3 is 5.97 Å². The Morgan fingerprint density at radius 2 is 2.04 bits per heavy atom. The monoisotopic (exact) mass is 315 g/mol. The second kappa shape index (κ2) is 6.12. The van der Waals surface area contributed by atoms with Crippen LogP contribution in [0.1, 0.15) is 11.1 Å². The Labute approximate surface area is 132 Å². The number of hydrogen-bond acceptors (Lipinski definition) is 5. The van der Waals surface area contributed by atoms with E-state index in [1.807, 2.05) is 17.0 Å². The van der Waals surface area contributed by atoms with Crippen LogP contribution in [0.15, 0.2) is 35.4 Å². The van der Waals surface area contributed by atoms with E-state index in [0.29, 0.717) is 25.9 Å². The molecule has 0 radical (unpaired) electrons. The van der Waals surface area contributed by atoms with Crippen molar-refractivity contribution in [1.29, 1.82) is 0 Å². The number of benzene rings is 1. The van der Waals surface area contributed by atoms with E-state index in [-0.39, 0.29) is 18.1 Å². The van der Waals surface area contributed by atoms with E-state index in [2.05, 4.69) is 4.98 Å². The van der Waals surface area contributed by atoms with Crippen LogP contribution in [0.2, 0.25) is 0 Å². The standard InChI is InChI=1S/C16H17N3O4/c20-13-3-1-2-11-4-7-18(8-5-12(11)13)15-16(23)19(9-6-17-15)10-14(21)22/h1-3,6,9,20H,4-5,7-8,10H2,(H,21,22). The van der Waals surface area contributed by atoms with Gasteiger partial charge < -0.3 is 15.1 Å². The Kier molecular flexibility index (Phi) is 4.01. The molecular weight excluding hydrogens is 298 g/mol. The molecule has 0 bridgehead atoms. The minimum absolute atomic E-state index is 0.251. The van der Waals surface area contributed by atoms with Gasteiger partial charge in [-0.05, 0) is 30.0 Å². The van der Waals surface area contributed by atoms with Crippen molar-refractivity contribution in [3.05, 3.63) is 52.1 Å². The van der Waals surface area contributed by atoms with Crippen LogP contribution < -0.4 is 10.5 Å². The Bertz CT molecular complexity index is 800. The zero-order valence-corrected chi connectivity index (χ0v) is 12.5. The molecule has 1 aliphatic heterocycles. The highest BCUT2D eigenvalue weighted by Gasteiger charge is 2.20. The first-order valence-electron chi connectivity index (χ1n) is 7.38. The third kappa shape index (κ3) is 3.03. The molecule has 2 heterocycles. The Morgan fingerprint density at radius 1 is 1.26 bits per heavy atom. The number of aromatic hydroxyl groups is 1. The normalized spacial score (nSPS) is 14.2. The van der Waals surface area contributed by atoms with E-state index in [4.69, 9.17) is 5.11 Å². The number of nitrogens with zero attached hydrogens (tertiary/aromatic N) is 3. The van der Waals surface area contributed by atoms with Crippen LogP contribution >= 0.6 is 0 Å². The fourth-order valence-electron chi connectivity index (χ4n) is 2.89. The summed E-state index contributed by atoms with van der Waals surface area (Å²) in [5, 5.41) is 18.8. The lowest BCUT2D eigenvalue weighted by Crippen LogP contribution is -2.35. The molecule has 0 saturated carbocycles. The number of anilines is 1. The Hall–Kier alpha value is -2.83. The molecule has 0 atom stereocenters. The maximum atomic E-state index is 12.4. The van der Waals surface area contributed by atoms with Gasteiger partial charge in [-0.3, -0.25) is 14.2 Å². The molecule has 1 aliphatic rings. The number of phenolic OH excluding ortho intramolecular Hbond substituents is 1. The number of phenols is 1. The quantitative estimate of drug-likeness (QED) is 0.863. The van der Waals surface area contributed by atoms with Crippen molar-refractivity contribution in [2.45, 2.75) is 19.4 Å². The predicted molar refractivity (Wildman–Crippen MR) is 83.9 cm³/mol. The van der Waals surface area contributed by atoms with Gasteiger partial charge in [-0.15, -0.1) is 0 Å². The highest BCUT2D eigenvalue weighted by Crippen LogP contribution is 2.25. The summed E-state index contributed by atoms with van der Waals surface area (Å²) in [6, 6.07) is 5.44. The van der Waals surface area contributed by atoms with Crippen molar-refractivity contribution < 1.29 is 15.0 Å². The minimum Gasteiger partial charge on any atom is -0.508 e. The predicted octanol–water partition coefficient (Wildman–Crippen LogP) is 0.639. The summed E-state index contributed by atoms with van der Waals surface area (Å²) in [6.07, 6.45) is 4.11. The number of carboxylic acid groups (broad SMARTS) is 1. The van der Waals surface area contributed by atoms with Crippen LogP contribution in [0.3, 0.4) is 0 Å². The molecule has 2 N–H and O–H groups in total. The summed E-state index contributed by atoms with van der Waals surface area (Å²) < 4.78 is 1.14. The van der Waals surface area contributed by atoms with Crippen molar-refractivity contribution in [3.63, 3.8) is 0 Å². The average Bonchev–Trinajstić information content (AvgIpc) is 2.73. The topological polar surface area (TPSA) is 95.7 Å². The van der Waals surface area contributed by atoms with Crippen molar-refractivity contribution in [3.8, 4) is 5.75 Å². The van der Waals surface area contributed by atoms with Gasteiger partial charge in [0.15, 0.2) is 5.82 Å². The molecule has 0 amide bonds. The van der Waals surface area contributed by atoms with E-state index in [9.17, 15) is 14.7 Å². The van der Waals surface area contributed by atoms with Crippen LogP contribution in [0.5, 0.6) is 5.75 Å². The molecule has 0 unspecified atom stereocenters. The first kappa shape index (κ1) is 15.1. The van der Waals surface area contributed by atoms with Crippen molar-refractivity contribution in [1.82, 2.24) is 9.55 Å². The van der Waals surface area contributed by atoms with E-state index < -0.39 is 11.5 Å². The third-order valence-electron chi connectivity index (χ3n) is 4.03. The molecule has 120 valence electrons. The van der Waals surface area contributed by atoms with Crippen molar-refractivity contribution in [2.75, 3.05) is 18.0 Å². The number of carboxylic acids is 1. The fraction of sp³-hybridized carbons (Fsp3) is 0.312.